The van der Waals surface area contributed by atoms with Crippen LogP contribution in [0.25, 0.3) is 0 Å². The molecule has 5 nitrogen and oxygen atoms in total. The molecule has 0 aliphatic carbocycles. The lowest BCUT2D eigenvalue weighted by atomic mass is 9.88. The van der Waals surface area contributed by atoms with E-state index in [1.165, 1.54) is 12.0 Å². The molecular weight excluding hydrogens is 324 g/mol. The molecule has 1 aromatic rings. The Morgan fingerprint density at radius 1 is 1.23 bits per heavy atom. The van der Waals surface area contributed by atoms with Crippen LogP contribution in [0.3, 0.4) is 0 Å². The zero-order chi connectivity index (χ0) is 19.2. The lowest BCUT2D eigenvalue weighted by Gasteiger charge is -2.44. The van der Waals surface area contributed by atoms with Crippen LogP contribution in [0.4, 0.5) is 0 Å². The van der Waals surface area contributed by atoms with Crippen LogP contribution < -0.4 is 15.8 Å². The molecule has 0 amide bonds. The number of ether oxygens (including phenoxy) is 1. The van der Waals surface area contributed by atoms with Gasteiger partial charge in [-0.05, 0) is 56.2 Å². The highest BCUT2D eigenvalue weighted by Gasteiger charge is 2.32. The Balaban J connectivity index is 1.79. The minimum atomic E-state index is 0.0330. The van der Waals surface area contributed by atoms with E-state index in [9.17, 15) is 0 Å². The first-order chi connectivity index (χ1) is 12.3. The average molecular weight is 361 g/mol. The number of nitrogens with zero attached hydrogens (tertiary/aromatic N) is 2. The van der Waals surface area contributed by atoms with Crippen molar-refractivity contribution in [2.45, 2.75) is 46.1 Å². The second-order valence-corrected chi connectivity index (χ2v) is 8.39. The van der Waals surface area contributed by atoms with Crippen LogP contribution in [-0.4, -0.2) is 49.7 Å². The molecule has 0 aromatic heterocycles. The Labute approximate surface area is 159 Å². The van der Waals surface area contributed by atoms with Crippen molar-refractivity contribution in [1.82, 2.24) is 10.2 Å². The fourth-order valence-electron chi connectivity index (χ4n) is 3.72. The molecule has 0 bridgehead atoms. The zero-order valence-corrected chi connectivity index (χ0v) is 17.1. The SMILES string of the molecule is COc1ccc(CCNC(N)=NCC(C)(C)N2CC(C)CC(C)C2)cc1. The van der Waals surface area contributed by atoms with Crippen LogP contribution in [0.15, 0.2) is 29.3 Å². The van der Waals surface area contributed by atoms with E-state index in [1.807, 2.05) is 12.1 Å². The quantitative estimate of drug-likeness (QED) is 0.580. The molecule has 1 aliphatic heterocycles. The number of guanidine groups is 1. The predicted molar refractivity (Wildman–Crippen MR) is 110 cm³/mol. The molecule has 1 aromatic carbocycles. The van der Waals surface area contributed by atoms with Gasteiger partial charge in [0.15, 0.2) is 5.96 Å². The number of methoxy groups -OCH3 is 1. The maximum atomic E-state index is 6.08. The minimum absolute atomic E-state index is 0.0330. The van der Waals surface area contributed by atoms with Gasteiger partial charge in [0, 0.05) is 25.2 Å². The highest BCUT2D eigenvalue weighted by atomic mass is 16.5. The van der Waals surface area contributed by atoms with Crippen molar-refractivity contribution >= 4 is 5.96 Å². The summed E-state index contributed by atoms with van der Waals surface area (Å²) in [4.78, 5) is 7.17. The number of hydrogen-bond acceptors (Lipinski definition) is 3. The van der Waals surface area contributed by atoms with E-state index < -0.39 is 0 Å². The van der Waals surface area contributed by atoms with Gasteiger partial charge in [-0.3, -0.25) is 9.89 Å². The van der Waals surface area contributed by atoms with Crippen molar-refractivity contribution in [2.75, 3.05) is 33.3 Å². The van der Waals surface area contributed by atoms with Crippen molar-refractivity contribution in [2.24, 2.45) is 22.6 Å². The molecule has 1 saturated heterocycles. The summed E-state index contributed by atoms with van der Waals surface area (Å²) in [5.74, 6) is 2.92. The van der Waals surface area contributed by atoms with Crippen LogP contribution in [0.5, 0.6) is 5.75 Å². The number of benzene rings is 1. The molecular formula is C21H36N4O. The lowest BCUT2D eigenvalue weighted by Crippen LogP contribution is -2.53. The molecule has 1 fully saturated rings. The summed E-state index contributed by atoms with van der Waals surface area (Å²) < 4.78 is 5.18. The van der Waals surface area contributed by atoms with Gasteiger partial charge >= 0.3 is 0 Å². The van der Waals surface area contributed by atoms with Crippen molar-refractivity contribution in [3.63, 3.8) is 0 Å². The van der Waals surface area contributed by atoms with E-state index in [4.69, 9.17) is 10.5 Å². The van der Waals surface area contributed by atoms with Gasteiger partial charge in [-0.15, -0.1) is 0 Å². The number of piperidine rings is 1. The molecule has 1 heterocycles. The number of aliphatic imine (C=N–C) groups is 1. The van der Waals surface area contributed by atoms with Crippen LogP contribution in [-0.2, 0) is 6.42 Å². The number of rotatable bonds is 7. The molecule has 1 aliphatic rings. The van der Waals surface area contributed by atoms with Crippen molar-refractivity contribution < 1.29 is 4.74 Å². The molecule has 3 N–H and O–H groups in total. The topological polar surface area (TPSA) is 62.9 Å². The highest BCUT2D eigenvalue weighted by Crippen LogP contribution is 2.27. The second-order valence-electron chi connectivity index (χ2n) is 8.39. The number of nitrogens with two attached hydrogens (primary N) is 1. The maximum absolute atomic E-state index is 6.08. The second kappa shape index (κ2) is 9.26. The fourth-order valence-corrected chi connectivity index (χ4v) is 3.72. The van der Waals surface area contributed by atoms with E-state index in [1.54, 1.807) is 7.11 Å². The normalized spacial score (nSPS) is 22.3. The Bertz CT molecular complexity index is 572. The van der Waals surface area contributed by atoms with Gasteiger partial charge in [0.05, 0.1) is 13.7 Å². The summed E-state index contributed by atoms with van der Waals surface area (Å²) in [6.07, 6.45) is 2.23. The fraction of sp³-hybridized carbons (Fsp3) is 0.667. The molecule has 2 unspecified atom stereocenters. The van der Waals surface area contributed by atoms with Crippen LogP contribution in [0.2, 0.25) is 0 Å². The number of hydrogen-bond donors (Lipinski definition) is 2. The third-order valence-corrected chi connectivity index (χ3v) is 5.24. The Hall–Kier alpha value is -1.75. The van der Waals surface area contributed by atoms with Crippen molar-refractivity contribution in [3.05, 3.63) is 29.8 Å². The van der Waals surface area contributed by atoms with E-state index in [0.29, 0.717) is 12.5 Å². The zero-order valence-electron chi connectivity index (χ0n) is 17.1. The Morgan fingerprint density at radius 3 is 2.42 bits per heavy atom. The molecule has 2 rings (SSSR count). The van der Waals surface area contributed by atoms with Gasteiger partial charge in [0.25, 0.3) is 0 Å². The standard InChI is InChI=1S/C21H36N4O/c1-16-12-17(2)14-25(13-16)21(3,4)15-24-20(22)23-11-10-18-6-8-19(26-5)9-7-18/h6-9,16-17H,10-15H2,1-5H3,(H3,22,23,24). The molecule has 0 saturated carbocycles. The van der Waals surface area contributed by atoms with Crippen molar-refractivity contribution in [1.29, 1.82) is 0 Å². The Morgan fingerprint density at radius 2 is 1.85 bits per heavy atom. The van der Waals surface area contributed by atoms with E-state index in [0.717, 1.165) is 43.6 Å². The first-order valence-electron chi connectivity index (χ1n) is 9.72. The van der Waals surface area contributed by atoms with Crippen LogP contribution in [0.1, 0.15) is 39.7 Å². The Kier molecular flexibility index (Phi) is 7.33. The third kappa shape index (κ3) is 6.20. The van der Waals surface area contributed by atoms with Crippen LogP contribution >= 0.6 is 0 Å². The maximum Gasteiger partial charge on any atom is 0.188 e. The third-order valence-electron chi connectivity index (χ3n) is 5.24. The van der Waals surface area contributed by atoms with E-state index >= 15 is 0 Å². The first-order valence-corrected chi connectivity index (χ1v) is 9.72. The number of likely N-dealkylation sites (tertiary alicyclic amines) is 1. The van der Waals surface area contributed by atoms with Gasteiger partial charge in [0.2, 0.25) is 0 Å². The molecule has 5 heteroatoms. The smallest absolute Gasteiger partial charge is 0.188 e. The average Bonchev–Trinajstić information content (AvgIpc) is 2.60. The van der Waals surface area contributed by atoms with E-state index in [-0.39, 0.29) is 5.54 Å². The van der Waals surface area contributed by atoms with Gasteiger partial charge in [-0.1, -0.05) is 26.0 Å². The minimum Gasteiger partial charge on any atom is -0.497 e. The molecule has 146 valence electrons. The predicted octanol–water partition coefficient (Wildman–Crippen LogP) is 2.90. The number of nitrogens with one attached hydrogen (secondary N) is 1. The summed E-state index contributed by atoms with van der Waals surface area (Å²) in [6.45, 7) is 13.0. The molecule has 26 heavy (non-hydrogen) atoms. The monoisotopic (exact) mass is 360 g/mol. The highest BCUT2D eigenvalue weighted by molar-refractivity contribution is 5.77. The first kappa shape index (κ1) is 20.6. The summed E-state index contributed by atoms with van der Waals surface area (Å²) in [5.41, 5.74) is 7.36. The van der Waals surface area contributed by atoms with E-state index in [2.05, 4.69) is 55.0 Å². The van der Waals surface area contributed by atoms with Gasteiger partial charge in [-0.2, -0.15) is 0 Å². The molecule has 2 atom stereocenters. The molecule has 0 spiro atoms. The van der Waals surface area contributed by atoms with Gasteiger partial charge in [0.1, 0.15) is 5.75 Å². The summed E-state index contributed by atoms with van der Waals surface area (Å²) >= 11 is 0. The van der Waals surface area contributed by atoms with Crippen molar-refractivity contribution in [3.8, 4) is 5.75 Å². The lowest BCUT2D eigenvalue weighted by molar-refractivity contribution is 0.0513. The molecule has 0 radical (unpaired) electrons. The largest absolute Gasteiger partial charge is 0.497 e. The summed E-state index contributed by atoms with van der Waals surface area (Å²) in [7, 11) is 1.68. The van der Waals surface area contributed by atoms with Gasteiger partial charge in [-0.25, -0.2) is 0 Å². The summed E-state index contributed by atoms with van der Waals surface area (Å²) in [6, 6.07) is 8.12. The van der Waals surface area contributed by atoms with Gasteiger partial charge < -0.3 is 15.8 Å². The summed E-state index contributed by atoms with van der Waals surface area (Å²) in [5, 5.41) is 3.23. The van der Waals surface area contributed by atoms with Crippen LogP contribution in [0, 0.1) is 11.8 Å².